The lowest BCUT2D eigenvalue weighted by Gasteiger charge is -2.26. The lowest BCUT2D eigenvalue weighted by atomic mass is 10.0. The zero-order chi connectivity index (χ0) is 14.4. The molecule has 6 heteroatoms. The van der Waals surface area contributed by atoms with Crippen LogP contribution in [0.5, 0.6) is 0 Å². The summed E-state index contributed by atoms with van der Waals surface area (Å²) < 4.78 is 0. The molecule has 1 rings (SSSR count). The van der Waals surface area contributed by atoms with E-state index in [1.54, 1.807) is 0 Å². The molecule has 19 heavy (non-hydrogen) atoms. The molecular weight excluding hydrogens is 266 g/mol. The Hall–Kier alpha value is -1.04. The predicted molar refractivity (Wildman–Crippen MR) is 73.9 cm³/mol. The number of carbonyl (C=O) groups excluding carboxylic acids is 2. The lowest BCUT2D eigenvalue weighted by molar-refractivity contribution is -0.149. The Kier molecular flexibility index (Phi) is 6.34. The first kappa shape index (κ1) is 16.0. The molecule has 0 unspecified atom stereocenters. The smallest absolute Gasteiger partial charge is 0.326 e. The number of rotatable bonds is 6. The molecule has 108 valence electrons. The van der Waals surface area contributed by atoms with E-state index in [2.05, 4.69) is 0 Å². The van der Waals surface area contributed by atoms with Crippen molar-refractivity contribution in [2.45, 2.75) is 45.6 Å². The highest BCUT2D eigenvalue weighted by atomic mass is 32.2. The summed E-state index contributed by atoms with van der Waals surface area (Å²) in [4.78, 5) is 36.0. The third-order valence-corrected chi connectivity index (χ3v) is 4.27. The molecule has 0 spiro atoms. The van der Waals surface area contributed by atoms with Crippen LogP contribution in [0.4, 0.5) is 0 Å². The Balaban J connectivity index is 2.69. The minimum Gasteiger partial charge on any atom is -0.480 e. The van der Waals surface area contributed by atoms with E-state index in [9.17, 15) is 14.4 Å². The van der Waals surface area contributed by atoms with E-state index in [1.807, 2.05) is 6.92 Å². The van der Waals surface area contributed by atoms with Gasteiger partial charge in [-0.15, -0.1) is 0 Å². The maximum absolute atomic E-state index is 12.4. The molecule has 1 amide bonds. The van der Waals surface area contributed by atoms with Crippen LogP contribution in [-0.2, 0) is 14.4 Å². The van der Waals surface area contributed by atoms with Gasteiger partial charge in [0.25, 0.3) is 0 Å². The quantitative estimate of drug-likeness (QED) is 0.805. The molecule has 0 aromatic carbocycles. The highest BCUT2D eigenvalue weighted by Gasteiger charge is 2.36. The maximum Gasteiger partial charge on any atom is 0.326 e. The largest absolute Gasteiger partial charge is 0.480 e. The van der Waals surface area contributed by atoms with Crippen LogP contribution < -0.4 is 0 Å². The highest BCUT2D eigenvalue weighted by molar-refractivity contribution is 8.13. The lowest BCUT2D eigenvalue weighted by Crippen LogP contribution is -2.44. The third-order valence-electron chi connectivity index (χ3n) is 3.30. The summed E-state index contributed by atoms with van der Waals surface area (Å²) in [6.07, 6.45) is 2.81. The number of likely N-dealkylation sites (tertiary alicyclic amines) is 1. The van der Waals surface area contributed by atoms with Gasteiger partial charge in [-0.05, 0) is 19.3 Å². The molecule has 0 saturated carbocycles. The normalized spacial score (nSPS) is 20.3. The fourth-order valence-electron chi connectivity index (χ4n) is 2.37. The summed E-state index contributed by atoms with van der Waals surface area (Å²) in [6.45, 7) is 3.98. The van der Waals surface area contributed by atoms with Crippen molar-refractivity contribution in [2.24, 2.45) is 5.92 Å². The van der Waals surface area contributed by atoms with Crippen molar-refractivity contribution in [3.05, 3.63) is 0 Å². The Morgan fingerprint density at radius 1 is 1.42 bits per heavy atom. The van der Waals surface area contributed by atoms with E-state index >= 15 is 0 Å². The van der Waals surface area contributed by atoms with Crippen LogP contribution in [-0.4, -0.2) is 45.3 Å². The van der Waals surface area contributed by atoms with Gasteiger partial charge in [0.15, 0.2) is 5.12 Å². The van der Waals surface area contributed by atoms with Gasteiger partial charge < -0.3 is 10.0 Å². The number of nitrogens with zero attached hydrogens (tertiary/aromatic N) is 1. The molecule has 0 aromatic rings. The van der Waals surface area contributed by atoms with E-state index in [0.717, 1.165) is 24.6 Å². The summed E-state index contributed by atoms with van der Waals surface area (Å²) in [6, 6.07) is -0.686. The van der Waals surface area contributed by atoms with Crippen LogP contribution in [0.25, 0.3) is 0 Å². The second-order valence-electron chi connectivity index (χ2n) is 4.82. The highest BCUT2D eigenvalue weighted by Crippen LogP contribution is 2.24. The first-order valence-electron chi connectivity index (χ1n) is 6.64. The average Bonchev–Trinajstić information content (AvgIpc) is 2.82. The van der Waals surface area contributed by atoms with Crippen LogP contribution in [0, 0.1) is 5.92 Å². The van der Waals surface area contributed by atoms with Gasteiger partial charge in [-0.1, -0.05) is 25.1 Å². The fraction of sp³-hybridized carbons (Fsp3) is 0.769. The molecule has 0 radical (unpaired) electrons. The van der Waals surface area contributed by atoms with Gasteiger partial charge >= 0.3 is 5.97 Å². The van der Waals surface area contributed by atoms with Crippen LogP contribution in [0.2, 0.25) is 0 Å². The molecule has 1 N–H and O–H groups in total. The van der Waals surface area contributed by atoms with Crippen molar-refractivity contribution in [1.29, 1.82) is 0 Å². The molecule has 0 bridgehead atoms. The SMILES string of the molecule is CCC[C@H](CSC(C)=O)C(=O)N1CCC[C@H]1C(=O)O. The third kappa shape index (κ3) is 4.53. The van der Waals surface area contributed by atoms with Crippen molar-refractivity contribution >= 4 is 28.8 Å². The van der Waals surface area contributed by atoms with Gasteiger partial charge in [0.05, 0.1) is 0 Å². The number of aliphatic carboxylic acids is 1. The summed E-state index contributed by atoms with van der Waals surface area (Å²) in [5.41, 5.74) is 0. The number of carbonyl (C=O) groups is 3. The zero-order valence-corrected chi connectivity index (χ0v) is 12.2. The van der Waals surface area contributed by atoms with Gasteiger partial charge in [0, 0.05) is 25.1 Å². The van der Waals surface area contributed by atoms with E-state index in [4.69, 9.17) is 5.11 Å². The van der Waals surface area contributed by atoms with Crippen molar-refractivity contribution in [3.8, 4) is 0 Å². The van der Waals surface area contributed by atoms with E-state index in [-0.39, 0.29) is 16.9 Å². The monoisotopic (exact) mass is 287 g/mol. The number of carboxylic acids is 1. The number of hydrogen-bond donors (Lipinski definition) is 1. The molecule has 1 saturated heterocycles. The number of hydrogen-bond acceptors (Lipinski definition) is 4. The van der Waals surface area contributed by atoms with Crippen LogP contribution >= 0.6 is 11.8 Å². The first-order valence-corrected chi connectivity index (χ1v) is 7.62. The average molecular weight is 287 g/mol. The van der Waals surface area contributed by atoms with Crippen molar-refractivity contribution in [2.75, 3.05) is 12.3 Å². The second-order valence-corrected chi connectivity index (χ2v) is 6.01. The van der Waals surface area contributed by atoms with Crippen LogP contribution in [0.1, 0.15) is 39.5 Å². The van der Waals surface area contributed by atoms with Gasteiger partial charge in [-0.25, -0.2) is 4.79 Å². The summed E-state index contributed by atoms with van der Waals surface area (Å²) in [5.74, 6) is -0.843. The first-order chi connectivity index (χ1) is 8.97. The molecule has 2 atom stereocenters. The van der Waals surface area contributed by atoms with Crippen LogP contribution in [0.15, 0.2) is 0 Å². The molecular formula is C13H21NO4S. The molecule has 1 fully saturated rings. The molecule has 0 aliphatic carbocycles. The number of carboxylic acid groups (broad SMARTS) is 1. The number of thioether (sulfide) groups is 1. The molecule has 1 heterocycles. The molecule has 1 aliphatic heterocycles. The second kappa shape index (κ2) is 7.53. The van der Waals surface area contributed by atoms with Gasteiger partial charge in [-0.3, -0.25) is 9.59 Å². The van der Waals surface area contributed by atoms with Crippen LogP contribution in [0.3, 0.4) is 0 Å². The minimum atomic E-state index is -0.930. The summed E-state index contributed by atoms with van der Waals surface area (Å²) in [5, 5.41) is 9.10. The minimum absolute atomic E-state index is 0.00916. The van der Waals surface area contributed by atoms with Gasteiger partial charge in [0.2, 0.25) is 5.91 Å². The fourth-order valence-corrected chi connectivity index (χ4v) is 3.11. The molecule has 1 aliphatic rings. The van der Waals surface area contributed by atoms with E-state index in [1.165, 1.54) is 11.8 Å². The Morgan fingerprint density at radius 3 is 2.63 bits per heavy atom. The maximum atomic E-state index is 12.4. The standard InChI is InChI=1S/C13H21NO4S/c1-3-5-10(8-19-9(2)15)12(16)14-7-4-6-11(14)13(17)18/h10-11H,3-8H2,1-2H3,(H,17,18)/t10-,11+/m1/s1. The van der Waals surface area contributed by atoms with Gasteiger partial charge in [-0.2, -0.15) is 0 Å². The van der Waals surface area contributed by atoms with Crippen molar-refractivity contribution < 1.29 is 19.5 Å². The molecule has 5 nitrogen and oxygen atoms in total. The topological polar surface area (TPSA) is 74.7 Å². The summed E-state index contributed by atoms with van der Waals surface area (Å²) in [7, 11) is 0. The zero-order valence-electron chi connectivity index (χ0n) is 11.4. The van der Waals surface area contributed by atoms with Gasteiger partial charge in [0.1, 0.15) is 6.04 Å². The van der Waals surface area contributed by atoms with Crippen molar-refractivity contribution in [3.63, 3.8) is 0 Å². The Bertz CT molecular complexity index is 359. The van der Waals surface area contributed by atoms with E-state index in [0.29, 0.717) is 25.1 Å². The van der Waals surface area contributed by atoms with Crippen molar-refractivity contribution in [1.82, 2.24) is 4.90 Å². The molecule has 0 aromatic heterocycles. The summed E-state index contributed by atoms with van der Waals surface area (Å²) >= 11 is 1.14. The predicted octanol–water partition coefficient (Wildman–Crippen LogP) is 1.76. The Labute approximate surface area is 117 Å². The van der Waals surface area contributed by atoms with E-state index < -0.39 is 12.0 Å². The number of amides is 1. The Morgan fingerprint density at radius 2 is 2.11 bits per heavy atom.